The average Bonchev–Trinajstić information content (AvgIpc) is 2.27. The number of hydrogen-bond donors (Lipinski definition) is 3. The Morgan fingerprint density at radius 1 is 1.56 bits per heavy atom. The lowest BCUT2D eigenvalue weighted by Gasteiger charge is -2.32. The standard InChI is InChI=1S/C11H22N2O3/c1-2-3-9(14)8-13-10(15)11(12)4-6-16-7-5-11/h9,14H,2-8,12H2,1H3,(H,13,15). The van der Waals surface area contributed by atoms with Crippen LogP contribution in [0, 0.1) is 0 Å². The number of amides is 1. The second-order valence-corrected chi connectivity index (χ2v) is 4.42. The predicted molar refractivity (Wildman–Crippen MR) is 60.9 cm³/mol. The molecular weight excluding hydrogens is 208 g/mol. The number of rotatable bonds is 5. The number of aliphatic hydroxyl groups excluding tert-OH is 1. The van der Waals surface area contributed by atoms with Crippen molar-refractivity contribution in [1.82, 2.24) is 5.32 Å². The number of hydrogen-bond acceptors (Lipinski definition) is 4. The van der Waals surface area contributed by atoms with E-state index in [4.69, 9.17) is 10.5 Å². The summed E-state index contributed by atoms with van der Waals surface area (Å²) in [6.07, 6.45) is 2.21. The fourth-order valence-electron chi connectivity index (χ4n) is 1.78. The molecular formula is C11H22N2O3. The van der Waals surface area contributed by atoms with E-state index in [0.717, 1.165) is 6.42 Å². The average molecular weight is 230 g/mol. The van der Waals surface area contributed by atoms with Gasteiger partial charge < -0.3 is 20.9 Å². The van der Waals surface area contributed by atoms with Crippen LogP contribution in [0.3, 0.4) is 0 Å². The third kappa shape index (κ3) is 3.73. The lowest BCUT2D eigenvalue weighted by atomic mass is 9.90. The zero-order chi connectivity index (χ0) is 12.0. The van der Waals surface area contributed by atoms with E-state index in [9.17, 15) is 9.90 Å². The van der Waals surface area contributed by atoms with Gasteiger partial charge in [-0.05, 0) is 19.3 Å². The van der Waals surface area contributed by atoms with Gasteiger partial charge in [0.25, 0.3) is 0 Å². The summed E-state index contributed by atoms with van der Waals surface area (Å²) in [5.74, 6) is -0.175. The maximum atomic E-state index is 11.8. The molecule has 1 atom stereocenters. The molecule has 16 heavy (non-hydrogen) atoms. The van der Waals surface area contributed by atoms with Gasteiger partial charge in [-0.3, -0.25) is 4.79 Å². The molecule has 1 fully saturated rings. The highest BCUT2D eigenvalue weighted by molar-refractivity contribution is 5.86. The minimum Gasteiger partial charge on any atom is -0.391 e. The van der Waals surface area contributed by atoms with Gasteiger partial charge in [0.15, 0.2) is 0 Å². The smallest absolute Gasteiger partial charge is 0.240 e. The molecule has 5 nitrogen and oxygen atoms in total. The fourth-order valence-corrected chi connectivity index (χ4v) is 1.78. The summed E-state index contributed by atoms with van der Waals surface area (Å²) in [7, 11) is 0. The Labute approximate surface area is 96.3 Å². The van der Waals surface area contributed by atoms with E-state index >= 15 is 0 Å². The van der Waals surface area contributed by atoms with Gasteiger partial charge in [0, 0.05) is 19.8 Å². The summed E-state index contributed by atoms with van der Waals surface area (Å²) in [5, 5.41) is 12.2. The minimum absolute atomic E-state index is 0.175. The van der Waals surface area contributed by atoms with Crippen LogP contribution in [0.4, 0.5) is 0 Å². The Morgan fingerprint density at radius 2 is 2.19 bits per heavy atom. The fraction of sp³-hybridized carbons (Fsp3) is 0.909. The zero-order valence-corrected chi connectivity index (χ0v) is 9.87. The summed E-state index contributed by atoms with van der Waals surface area (Å²) < 4.78 is 5.17. The molecule has 1 unspecified atom stereocenters. The van der Waals surface area contributed by atoms with E-state index < -0.39 is 11.6 Å². The Bertz CT molecular complexity index is 227. The molecule has 5 heteroatoms. The number of carbonyl (C=O) groups is 1. The summed E-state index contributed by atoms with van der Waals surface area (Å²) in [6, 6.07) is 0. The van der Waals surface area contributed by atoms with Crippen LogP contribution in [-0.4, -0.2) is 42.4 Å². The SMILES string of the molecule is CCCC(O)CNC(=O)C1(N)CCOCC1. The second kappa shape index (κ2) is 6.18. The first kappa shape index (κ1) is 13.4. The minimum atomic E-state index is -0.815. The van der Waals surface area contributed by atoms with Crippen molar-refractivity contribution >= 4 is 5.91 Å². The van der Waals surface area contributed by atoms with Gasteiger partial charge in [0.1, 0.15) is 0 Å². The van der Waals surface area contributed by atoms with Crippen molar-refractivity contribution in [2.45, 2.75) is 44.2 Å². The van der Waals surface area contributed by atoms with Crippen molar-refractivity contribution < 1.29 is 14.6 Å². The van der Waals surface area contributed by atoms with Gasteiger partial charge in [-0.15, -0.1) is 0 Å². The van der Waals surface area contributed by atoms with Crippen LogP contribution in [0.15, 0.2) is 0 Å². The van der Waals surface area contributed by atoms with E-state index in [0.29, 0.717) is 32.5 Å². The van der Waals surface area contributed by atoms with Crippen molar-refractivity contribution in [3.63, 3.8) is 0 Å². The topological polar surface area (TPSA) is 84.6 Å². The van der Waals surface area contributed by atoms with Crippen molar-refractivity contribution in [1.29, 1.82) is 0 Å². The first-order valence-electron chi connectivity index (χ1n) is 5.91. The number of nitrogens with two attached hydrogens (primary N) is 1. The molecule has 1 heterocycles. The van der Waals surface area contributed by atoms with E-state index in [-0.39, 0.29) is 12.5 Å². The Morgan fingerprint density at radius 3 is 2.75 bits per heavy atom. The van der Waals surface area contributed by atoms with Crippen LogP contribution >= 0.6 is 0 Å². The van der Waals surface area contributed by atoms with Crippen LogP contribution in [0.25, 0.3) is 0 Å². The highest BCUT2D eigenvalue weighted by atomic mass is 16.5. The molecule has 0 aromatic rings. The lowest BCUT2D eigenvalue weighted by molar-refractivity contribution is -0.130. The van der Waals surface area contributed by atoms with Gasteiger partial charge in [-0.2, -0.15) is 0 Å². The van der Waals surface area contributed by atoms with Crippen molar-refractivity contribution in [3.05, 3.63) is 0 Å². The number of aliphatic hydroxyl groups is 1. The lowest BCUT2D eigenvalue weighted by Crippen LogP contribution is -2.57. The molecule has 1 aliphatic rings. The largest absolute Gasteiger partial charge is 0.391 e. The van der Waals surface area contributed by atoms with Crippen molar-refractivity contribution in [3.8, 4) is 0 Å². The molecule has 0 bridgehead atoms. The highest BCUT2D eigenvalue weighted by Crippen LogP contribution is 2.17. The van der Waals surface area contributed by atoms with Gasteiger partial charge in [-0.25, -0.2) is 0 Å². The molecule has 0 radical (unpaired) electrons. The van der Waals surface area contributed by atoms with Crippen LogP contribution in [-0.2, 0) is 9.53 Å². The van der Waals surface area contributed by atoms with Crippen LogP contribution in [0.5, 0.6) is 0 Å². The quantitative estimate of drug-likeness (QED) is 0.609. The van der Waals surface area contributed by atoms with Crippen molar-refractivity contribution in [2.24, 2.45) is 5.73 Å². The molecule has 1 rings (SSSR count). The molecule has 0 aliphatic carbocycles. The molecule has 1 amide bonds. The van der Waals surface area contributed by atoms with E-state index in [1.165, 1.54) is 0 Å². The zero-order valence-electron chi connectivity index (χ0n) is 9.87. The second-order valence-electron chi connectivity index (χ2n) is 4.42. The predicted octanol–water partition coefficient (Wildman–Crippen LogP) is -0.228. The van der Waals surface area contributed by atoms with Gasteiger partial charge in [0.05, 0.1) is 11.6 Å². The van der Waals surface area contributed by atoms with Crippen molar-refractivity contribution in [2.75, 3.05) is 19.8 Å². The Kier molecular flexibility index (Phi) is 5.18. The maximum Gasteiger partial charge on any atom is 0.240 e. The molecule has 1 saturated heterocycles. The normalized spacial score (nSPS) is 21.4. The molecule has 1 aliphatic heterocycles. The molecule has 0 aromatic carbocycles. The van der Waals surface area contributed by atoms with Crippen LogP contribution in [0.2, 0.25) is 0 Å². The summed E-state index contributed by atoms with van der Waals surface area (Å²) in [4.78, 5) is 11.8. The summed E-state index contributed by atoms with van der Waals surface area (Å²) in [6.45, 7) is 3.34. The van der Waals surface area contributed by atoms with E-state index in [1.54, 1.807) is 0 Å². The molecule has 0 saturated carbocycles. The van der Waals surface area contributed by atoms with Gasteiger partial charge >= 0.3 is 0 Å². The third-order valence-corrected chi connectivity index (χ3v) is 2.96. The number of nitrogens with one attached hydrogen (secondary N) is 1. The molecule has 0 spiro atoms. The maximum absolute atomic E-state index is 11.8. The first-order chi connectivity index (χ1) is 7.58. The molecule has 0 aromatic heterocycles. The molecule has 4 N–H and O–H groups in total. The van der Waals surface area contributed by atoms with E-state index in [1.807, 2.05) is 6.92 Å². The number of carbonyl (C=O) groups excluding carboxylic acids is 1. The summed E-state index contributed by atoms with van der Waals surface area (Å²) in [5.41, 5.74) is 5.17. The highest BCUT2D eigenvalue weighted by Gasteiger charge is 2.35. The summed E-state index contributed by atoms with van der Waals surface area (Å²) >= 11 is 0. The Balaban J connectivity index is 2.33. The van der Waals surface area contributed by atoms with E-state index in [2.05, 4.69) is 5.32 Å². The Hall–Kier alpha value is -0.650. The first-order valence-corrected chi connectivity index (χ1v) is 5.91. The van der Waals surface area contributed by atoms with Gasteiger partial charge in [-0.1, -0.05) is 13.3 Å². The molecule has 94 valence electrons. The van der Waals surface area contributed by atoms with Crippen LogP contribution < -0.4 is 11.1 Å². The number of ether oxygens (including phenoxy) is 1. The monoisotopic (exact) mass is 230 g/mol. The van der Waals surface area contributed by atoms with Gasteiger partial charge in [0.2, 0.25) is 5.91 Å². The third-order valence-electron chi connectivity index (χ3n) is 2.96. The van der Waals surface area contributed by atoms with Crippen LogP contribution in [0.1, 0.15) is 32.6 Å².